The smallest absolute Gasteiger partial charge is 0.229 e. The quantitative estimate of drug-likeness (QED) is 0.721. The molecule has 0 unspecified atom stereocenters. The molecule has 2 saturated heterocycles. The number of carbonyl (C=O) groups is 2. The maximum atomic E-state index is 12.9. The molecule has 2 aliphatic heterocycles. The summed E-state index contributed by atoms with van der Waals surface area (Å²) in [7, 11) is 0. The molecule has 2 aromatic carbocycles. The minimum atomic E-state index is -0.355. The Kier molecular flexibility index (Phi) is 7.01. The van der Waals surface area contributed by atoms with Crippen molar-refractivity contribution in [2.45, 2.75) is 26.8 Å². The Bertz CT molecular complexity index is 988. The van der Waals surface area contributed by atoms with Crippen molar-refractivity contribution in [1.29, 1.82) is 0 Å². The Morgan fingerprint density at radius 2 is 1.88 bits per heavy atom. The standard InChI is InChI=1S/C25H31ClN4O2/c1-3-28-10-12-29(13-11-28)21-8-9-23(18(2)14-21)27-25(32)20-15-24(31)30(17-20)16-19-6-4-5-7-22(19)26/h4-9,14,20H,3,10-13,15-17H2,1-2H3,(H,27,32)/t20-/m1/s1. The van der Waals surface area contributed by atoms with E-state index in [4.69, 9.17) is 11.6 Å². The van der Waals surface area contributed by atoms with Gasteiger partial charge in [-0.05, 0) is 48.9 Å². The molecule has 0 bridgehead atoms. The molecule has 6 nitrogen and oxygen atoms in total. The van der Waals surface area contributed by atoms with E-state index in [1.807, 2.05) is 37.3 Å². The van der Waals surface area contributed by atoms with Crippen molar-refractivity contribution in [2.75, 3.05) is 49.5 Å². The van der Waals surface area contributed by atoms with E-state index in [1.165, 1.54) is 5.69 Å². The predicted molar refractivity (Wildman–Crippen MR) is 129 cm³/mol. The second-order valence-electron chi connectivity index (χ2n) is 8.68. The first-order valence-corrected chi connectivity index (χ1v) is 11.7. The summed E-state index contributed by atoms with van der Waals surface area (Å²) < 4.78 is 0. The van der Waals surface area contributed by atoms with Crippen LogP contribution in [-0.2, 0) is 16.1 Å². The van der Waals surface area contributed by atoms with Crippen molar-refractivity contribution in [3.05, 3.63) is 58.6 Å². The molecule has 0 radical (unpaired) electrons. The summed E-state index contributed by atoms with van der Waals surface area (Å²) in [4.78, 5) is 32.0. The van der Waals surface area contributed by atoms with Gasteiger partial charge < -0.3 is 20.0 Å². The third-order valence-electron chi connectivity index (χ3n) is 6.56. The van der Waals surface area contributed by atoms with Crippen LogP contribution in [0.2, 0.25) is 5.02 Å². The molecule has 7 heteroatoms. The van der Waals surface area contributed by atoms with Gasteiger partial charge in [0.2, 0.25) is 11.8 Å². The van der Waals surface area contributed by atoms with Gasteiger partial charge in [0.05, 0.1) is 5.92 Å². The van der Waals surface area contributed by atoms with Gasteiger partial charge in [-0.1, -0.05) is 36.7 Å². The number of amides is 2. The maximum Gasteiger partial charge on any atom is 0.229 e. The second-order valence-corrected chi connectivity index (χ2v) is 9.08. The first kappa shape index (κ1) is 22.6. The number of rotatable bonds is 6. The number of carbonyl (C=O) groups excluding carboxylic acids is 2. The highest BCUT2D eigenvalue weighted by Crippen LogP contribution is 2.27. The van der Waals surface area contributed by atoms with Crippen LogP contribution in [0.3, 0.4) is 0 Å². The van der Waals surface area contributed by atoms with Gasteiger partial charge in [0.25, 0.3) is 0 Å². The maximum absolute atomic E-state index is 12.9. The van der Waals surface area contributed by atoms with Gasteiger partial charge in [0.1, 0.15) is 0 Å². The first-order valence-electron chi connectivity index (χ1n) is 11.3. The molecule has 2 aliphatic rings. The molecule has 0 spiro atoms. The number of benzene rings is 2. The summed E-state index contributed by atoms with van der Waals surface area (Å²) in [6.07, 6.45) is 0.231. The molecule has 2 heterocycles. The molecule has 0 saturated carbocycles. The average Bonchev–Trinajstić information content (AvgIpc) is 3.17. The zero-order valence-corrected chi connectivity index (χ0v) is 19.6. The topological polar surface area (TPSA) is 55.9 Å². The molecule has 2 amide bonds. The molecule has 4 rings (SSSR count). The Labute approximate surface area is 195 Å². The van der Waals surface area contributed by atoms with E-state index in [-0.39, 0.29) is 24.2 Å². The zero-order chi connectivity index (χ0) is 22.7. The van der Waals surface area contributed by atoms with Gasteiger partial charge >= 0.3 is 0 Å². The predicted octanol–water partition coefficient (Wildman–Crippen LogP) is 3.78. The van der Waals surface area contributed by atoms with E-state index >= 15 is 0 Å². The summed E-state index contributed by atoms with van der Waals surface area (Å²) in [5, 5.41) is 3.68. The van der Waals surface area contributed by atoms with E-state index in [2.05, 4.69) is 34.2 Å². The van der Waals surface area contributed by atoms with Gasteiger partial charge in [-0.15, -0.1) is 0 Å². The number of halogens is 1. The van der Waals surface area contributed by atoms with E-state index in [1.54, 1.807) is 4.90 Å². The van der Waals surface area contributed by atoms with Crippen LogP contribution in [0.1, 0.15) is 24.5 Å². The molecule has 0 aliphatic carbocycles. The van der Waals surface area contributed by atoms with Crippen molar-refractivity contribution in [3.8, 4) is 0 Å². The number of aryl methyl sites for hydroxylation is 1. The molecule has 1 N–H and O–H groups in total. The van der Waals surface area contributed by atoms with Crippen molar-refractivity contribution >= 4 is 34.8 Å². The van der Waals surface area contributed by atoms with Gasteiger partial charge in [0.15, 0.2) is 0 Å². The van der Waals surface area contributed by atoms with Crippen LogP contribution >= 0.6 is 11.6 Å². The highest BCUT2D eigenvalue weighted by Gasteiger charge is 2.34. The third kappa shape index (κ3) is 5.08. The zero-order valence-electron chi connectivity index (χ0n) is 18.8. The second kappa shape index (κ2) is 9.92. The van der Waals surface area contributed by atoms with Crippen LogP contribution in [0.5, 0.6) is 0 Å². The molecule has 2 aromatic rings. The first-order chi connectivity index (χ1) is 15.4. The van der Waals surface area contributed by atoms with Gasteiger partial charge in [0, 0.05) is 62.1 Å². The molecule has 2 fully saturated rings. The molecule has 32 heavy (non-hydrogen) atoms. The summed E-state index contributed by atoms with van der Waals surface area (Å²) in [5.41, 5.74) is 3.93. The fraction of sp³-hybridized carbons (Fsp3) is 0.440. The number of anilines is 2. The minimum absolute atomic E-state index is 0.0108. The Morgan fingerprint density at radius 1 is 1.12 bits per heavy atom. The SMILES string of the molecule is CCN1CCN(c2ccc(NC(=O)[C@@H]3CC(=O)N(Cc4ccccc4Cl)C3)c(C)c2)CC1. The molecule has 0 aromatic heterocycles. The highest BCUT2D eigenvalue weighted by molar-refractivity contribution is 6.31. The molecule has 1 atom stereocenters. The van der Waals surface area contributed by atoms with Crippen LogP contribution < -0.4 is 10.2 Å². The number of hydrogen-bond donors (Lipinski definition) is 1. The summed E-state index contributed by atoms with van der Waals surface area (Å²) >= 11 is 6.23. The molecular weight excluding hydrogens is 424 g/mol. The lowest BCUT2D eigenvalue weighted by Crippen LogP contribution is -2.46. The highest BCUT2D eigenvalue weighted by atomic mass is 35.5. The third-order valence-corrected chi connectivity index (χ3v) is 6.93. The van der Waals surface area contributed by atoms with Crippen molar-refractivity contribution in [1.82, 2.24) is 9.80 Å². The Balaban J connectivity index is 1.35. The van der Waals surface area contributed by atoms with Crippen molar-refractivity contribution in [3.63, 3.8) is 0 Å². The number of likely N-dealkylation sites (tertiary alicyclic amines) is 1. The summed E-state index contributed by atoms with van der Waals surface area (Å²) in [5.74, 6) is -0.470. The van der Waals surface area contributed by atoms with Crippen LogP contribution in [0.4, 0.5) is 11.4 Å². The van der Waals surface area contributed by atoms with Crippen LogP contribution in [0.15, 0.2) is 42.5 Å². The van der Waals surface area contributed by atoms with E-state index < -0.39 is 0 Å². The van der Waals surface area contributed by atoms with E-state index in [0.717, 1.165) is 49.5 Å². The number of nitrogens with zero attached hydrogens (tertiary/aromatic N) is 3. The number of hydrogen-bond acceptors (Lipinski definition) is 4. The number of likely N-dealkylation sites (N-methyl/N-ethyl adjacent to an activating group) is 1. The van der Waals surface area contributed by atoms with Gasteiger partial charge in [-0.25, -0.2) is 0 Å². The van der Waals surface area contributed by atoms with Crippen molar-refractivity contribution < 1.29 is 9.59 Å². The monoisotopic (exact) mass is 454 g/mol. The van der Waals surface area contributed by atoms with Gasteiger partial charge in [-0.3, -0.25) is 9.59 Å². The average molecular weight is 455 g/mol. The Morgan fingerprint density at radius 3 is 2.56 bits per heavy atom. The summed E-state index contributed by atoms with van der Waals surface area (Å²) in [6, 6.07) is 13.7. The van der Waals surface area contributed by atoms with Gasteiger partial charge in [-0.2, -0.15) is 0 Å². The van der Waals surface area contributed by atoms with Crippen LogP contribution in [0, 0.1) is 12.8 Å². The van der Waals surface area contributed by atoms with Crippen molar-refractivity contribution in [2.24, 2.45) is 5.92 Å². The largest absolute Gasteiger partial charge is 0.369 e. The lowest BCUT2D eigenvalue weighted by Gasteiger charge is -2.35. The lowest BCUT2D eigenvalue weighted by molar-refractivity contribution is -0.128. The number of nitrogens with one attached hydrogen (secondary N) is 1. The van der Waals surface area contributed by atoms with Crippen LogP contribution in [-0.4, -0.2) is 60.9 Å². The fourth-order valence-corrected chi connectivity index (χ4v) is 4.67. The molecule has 170 valence electrons. The van der Waals surface area contributed by atoms with E-state index in [0.29, 0.717) is 18.1 Å². The number of piperazine rings is 1. The normalized spacial score (nSPS) is 19.5. The Hall–Kier alpha value is -2.57. The van der Waals surface area contributed by atoms with E-state index in [9.17, 15) is 9.59 Å². The fourth-order valence-electron chi connectivity index (χ4n) is 4.47. The molecular formula is C25H31ClN4O2. The summed E-state index contributed by atoms with van der Waals surface area (Å²) in [6.45, 7) is 10.3. The lowest BCUT2D eigenvalue weighted by atomic mass is 10.1. The minimum Gasteiger partial charge on any atom is -0.369 e. The van der Waals surface area contributed by atoms with Crippen LogP contribution in [0.25, 0.3) is 0 Å².